The third kappa shape index (κ3) is 3.53. The van der Waals surface area contributed by atoms with Crippen molar-refractivity contribution in [3.05, 3.63) is 35.4 Å². The molecule has 0 radical (unpaired) electrons. The van der Waals surface area contributed by atoms with Gasteiger partial charge in [0, 0.05) is 26.2 Å². The minimum Gasteiger partial charge on any atom is -0.376 e. The van der Waals surface area contributed by atoms with Crippen LogP contribution in [-0.4, -0.2) is 30.7 Å². The molecule has 0 saturated carbocycles. The molecule has 3 heteroatoms. The number of ether oxygens (including phenoxy) is 1. The van der Waals surface area contributed by atoms with Crippen molar-refractivity contribution in [1.29, 1.82) is 0 Å². The Morgan fingerprint density at radius 2 is 2.00 bits per heavy atom. The fourth-order valence-electron chi connectivity index (χ4n) is 2.21. The van der Waals surface area contributed by atoms with Crippen LogP contribution in [0.2, 0.25) is 0 Å². The second kappa shape index (κ2) is 6.15. The molecule has 1 fully saturated rings. The predicted octanol–water partition coefficient (Wildman–Crippen LogP) is 1.76. The number of hydrogen-bond donors (Lipinski definition) is 1. The van der Waals surface area contributed by atoms with Gasteiger partial charge >= 0.3 is 0 Å². The third-order valence-electron chi connectivity index (χ3n) is 3.34. The van der Waals surface area contributed by atoms with Gasteiger partial charge in [-0.05, 0) is 17.5 Å². The summed E-state index contributed by atoms with van der Waals surface area (Å²) in [5.41, 5.74) is 8.15. The van der Waals surface area contributed by atoms with Crippen molar-refractivity contribution >= 4 is 0 Å². The fraction of sp³-hybridized carbons (Fsp3) is 0.571. The highest BCUT2D eigenvalue weighted by molar-refractivity contribution is 5.22. The fourth-order valence-corrected chi connectivity index (χ4v) is 2.21. The summed E-state index contributed by atoms with van der Waals surface area (Å²) < 4.78 is 5.67. The molecule has 1 saturated heterocycles. The highest BCUT2D eigenvalue weighted by atomic mass is 16.5. The zero-order chi connectivity index (χ0) is 12.1. The molecule has 1 heterocycles. The molecule has 0 spiro atoms. The van der Waals surface area contributed by atoms with Crippen molar-refractivity contribution < 1.29 is 4.74 Å². The number of hydrogen-bond acceptors (Lipinski definition) is 3. The Balaban J connectivity index is 1.90. The number of nitrogens with zero attached hydrogens (tertiary/aromatic N) is 1. The standard InChI is InChI=1S/C14H22N2O/c1-2-14-11-16(7-8-17-14)10-13-5-3-12(9-15)4-6-13/h3-6,14H,2,7-11,15H2,1H3. The molecule has 1 aliphatic rings. The summed E-state index contributed by atoms with van der Waals surface area (Å²) in [7, 11) is 0. The van der Waals surface area contributed by atoms with Gasteiger partial charge in [-0.15, -0.1) is 0 Å². The van der Waals surface area contributed by atoms with E-state index in [1.54, 1.807) is 0 Å². The summed E-state index contributed by atoms with van der Waals surface area (Å²) in [6.45, 7) is 6.77. The van der Waals surface area contributed by atoms with Crippen LogP contribution in [0.3, 0.4) is 0 Å². The topological polar surface area (TPSA) is 38.5 Å². The van der Waals surface area contributed by atoms with Gasteiger partial charge in [0.05, 0.1) is 12.7 Å². The molecule has 1 aliphatic heterocycles. The minimum atomic E-state index is 0.409. The molecule has 0 aromatic heterocycles. The molecule has 0 amide bonds. The van der Waals surface area contributed by atoms with Gasteiger partial charge in [-0.25, -0.2) is 0 Å². The van der Waals surface area contributed by atoms with Gasteiger partial charge in [-0.1, -0.05) is 31.2 Å². The van der Waals surface area contributed by atoms with Crippen LogP contribution in [0.1, 0.15) is 24.5 Å². The van der Waals surface area contributed by atoms with Crippen LogP contribution in [0.25, 0.3) is 0 Å². The molecule has 17 heavy (non-hydrogen) atoms. The molecule has 1 unspecified atom stereocenters. The van der Waals surface area contributed by atoms with Gasteiger partial charge < -0.3 is 10.5 Å². The maximum Gasteiger partial charge on any atom is 0.0700 e. The van der Waals surface area contributed by atoms with E-state index in [9.17, 15) is 0 Å². The van der Waals surface area contributed by atoms with Crippen molar-refractivity contribution in [3.8, 4) is 0 Å². The van der Waals surface area contributed by atoms with Crippen LogP contribution in [0.4, 0.5) is 0 Å². The maximum absolute atomic E-state index is 5.67. The summed E-state index contributed by atoms with van der Waals surface area (Å²) in [5.74, 6) is 0. The monoisotopic (exact) mass is 234 g/mol. The van der Waals surface area contributed by atoms with Gasteiger partial charge in [0.25, 0.3) is 0 Å². The van der Waals surface area contributed by atoms with Gasteiger partial charge in [-0.3, -0.25) is 4.90 Å². The molecule has 2 rings (SSSR count). The normalized spacial score (nSPS) is 21.6. The first kappa shape index (κ1) is 12.6. The Morgan fingerprint density at radius 3 is 2.65 bits per heavy atom. The third-order valence-corrected chi connectivity index (χ3v) is 3.34. The van der Waals surface area contributed by atoms with Crippen LogP contribution in [0.15, 0.2) is 24.3 Å². The number of nitrogens with two attached hydrogens (primary N) is 1. The summed E-state index contributed by atoms with van der Waals surface area (Å²) >= 11 is 0. The van der Waals surface area contributed by atoms with E-state index in [0.717, 1.165) is 32.7 Å². The molecule has 0 aliphatic carbocycles. The van der Waals surface area contributed by atoms with E-state index in [-0.39, 0.29) is 0 Å². The van der Waals surface area contributed by atoms with Crippen LogP contribution in [0, 0.1) is 0 Å². The molecule has 94 valence electrons. The van der Waals surface area contributed by atoms with E-state index in [4.69, 9.17) is 10.5 Å². The average Bonchev–Trinajstić information content (AvgIpc) is 2.40. The Hall–Kier alpha value is -0.900. The van der Waals surface area contributed by atoms with Crippen LogP contribution >= 0.6 is 0 Å². The first-order chi connectivity index (χ1) is 8.31. The molecule has 1 atom stereocenters. The zero-order valence-corrected chi connectivity index (χ0v) is 10.6. The van der Waals surface area contributed by atoms with E-state index >= 15 is 0 Å². The van der Waals surface area contributed by atoms with Crippen molar-refractivity contribution in [2.45, 2.75) is 32.5 Å². The highest BCUT2D eigenvalue weighted by Crippen LogP contribution is 2.12. The van der Waals surface area contributed by atoms with E-state index in [1.807, 2.05) is 0 Å². The van der Waals surface area contributed by atoms with Crippen molar-refractivity contribution in [2.24, 2.45) is 5.73 Å². The maximum atomic E-state index is 5.67. The second-order valence-electron chi connectivity index (χ2n) is 4.66. The first-order valence-corrected chi connectivity index (χ1v) is 6.43. The first-order valence-electron chi connectivity index (χ1n) is 6.43. The Labute approximate surface area is 104 Å². The minimum absolute atomic E-state index is 0.409. The quantitative estimate of drug-likeness (QED) is 0.862. The van der Waals surface area contributed by atoms with Crippen molar-refractivity contribution in [1.82, 2.24) is 4.90 Å². The lowest BCUT2D eigenvalue weighted by molar-refractivity contribution is -0.0324. The number of benzene rings is 1. The van der Waals surface area contributed by atoms with Crippen LogP contribution in [-0.2, 0) is 17.8 Å². The summed E-state index contributed by atoms with van der Waals surface area (Å²) in [5, 5.41) is 0. The molecule has 3 nitrogen and oxygen atoms in total. The highest BCUT2D eigenvalue weighted by Gasteiger charge is 2.18. The number of rotatable bonds is 4. The molecule has 1 aromatic carbocycles. The lowest BCUT2D eigenvalue weighted by Gasteiger charge is -2.32. The average molecular weight is 234 g/mol. The van der Waals surface area contributed by atoms with Gasteiger partial charge in [0.15, 0.2) is 0 Å². The van der Waals surface area contributed by atoms with E-state index in [0.29, 0.717) is 12.6 Å². The Morgan fingerprint density at radius 1 is 1.29 bits per heavy atom. The molecular formula is C14H22N2O. The zero-order valence-electron chi connectivity index (χ0n) is 10.6. The smallest absolute Gasteiger partial charge is 0.0700 e. The van der Waals surface area contributed by atoms with E-state index in [2.05, 4.69) is 36.1 Å². The van der Waals surface area contributed by atoms with Gasteiger partial charge in [0.1, 0.15) is 0 Å². The largest absolute Gasteiger partial charge is 0.376 e. The van der Waals surface area contributed by atoms with E-state index in [1.165, 1.54) is 11.1 Å². The van der Waals surface area contributed by atoms with Crippen LogP contribution in [0.5, 0.6) is 0 Å². The molecular weight excluding hydrogens is 212 g/mol. The Kier molecular flexibility index (Phi) is 4.54. The molecule has 1 aromatic rings. The van der Waals surface area contributed by atoms with Crippen molar-refractivity contribution in [2.75, 3.05) is 19.7 Å². The lowest BCUT2D eigenvalue weighted by Crippen LogP contribution is -2.41. The molecule has 0 bridgehead atoms. The van der Waals surface area contributed by atoms with Crippen molar-refractivity contribution in [3.63, 3.8) is 0 Å². The summed E-state index contributed by atoms with van der Waals surface area (Å²) in [6, 6.07) is 8.59. The molecule has 2 N–H and O–H groups in total. The SMILES string of the molecule is CCC1CN(Cc2ccc(CN)cc2)CCO1. The summed E-state index contributed by atoms with van der Waals surface area (Å²) in [4.78, 5) is 2.47. The number of morpholine rings is 1. The second-order valence-corrected chi connectivity index (χ2v) is 4.66. The van der Waals surface area contributed by atoms with E-state index < -0.39 is 0 Å². The summed E-state index contributed by atoms with van der Waals surface area (Å²) in [6.07, 6.45) is 1.51. The van der Waals surface area contributed by atoms with Gasteiger partial charge in [-0.2, -0.15) is 0 Å². The Bertz CT molecular complexity index is 337. The lowest BCUT2D eigenvalue weighted by atomic mass is 10.1. The van der Waals surface area contributed by atoms with Crippen LogP contribution < -0.4 is 5.73 Å². The predicted molar refractivity (Wildman–Crippen MR) is 69.6 cm³/mol. The van der Waals surface area contributed by atoms with Gasteiger partial charge in [0.2, 0.25) is 0 Å².